The molecule has 0 spiro atoms. The molecule has 0 bridgehead atoms. The van der Waals surface area contributed by atoms with E-state index in [0.29, 0.717) is 17.7 Å². The predicted molar refractivity (Wildman–Crippen MR) is 128 cm³/mol. The zero-order valence-corrected chi connectivity index (χ0v) is 20.1. The minimum atomic E-state index is -0.715. The Kier molecular flexibility index (Phi) is 8.26. The van der Waals surface area contributed by atoms with Crippen molar-refractivity contribution >= 4 is 43.7 Å². The molecule has 0 fully saturated rings. The summed E-state index contributed by atoms with van der Waals surface area (Å²) in [5.74, 6) is 0.155. The summed E-state index contributed by atoms with van der Waals surface area (Å²) < 4.78 is 7.39. The smallest absolute Gasteiger partial charge is 0.253 e. The van der Waals surface area contributed by atoms with E-state index in [1.54, 1.807) is 48.5 Å². The van der Waals surface area contributed by atoms with Gasteiger partial charge < -0.3 is 15.4 Å². The molecule has 0 aliphatic rings. The van der Waals surface area contributed by atoms with Gasteiger partial charge in [0, 0.05) is 20.1 Å². The highest BCUT2D eigenvalue weighted by atomic mass is 79.9. The van der Waals surface area contributed by atoms with E-state index in [9.17, 15) is 9.59 Å². The molecule has 0 aliphatic heterocycles. The fourth-order valence-corrected chi connectivity index (χ4v) is 3.34. The number of ether oxygens (including phenoxy) is 1. The van der Waals surface area contributed by atoms with Crippen LogP contribution in [0, 0.1) is 0 Å². The number of benzene rings is 3. The first-order valence-electron chi connectivity index (χ1n) is 9.82. The molecule has 2 N–H and O–H groups in total. The number of halogens is 2. The van der Waals surface area contributed by atoms with Crippen LogP contribution in [-0.4, -0.2) is 18.4 Å². The topological polar surface area (TPSA) is 67.4 Å². The summed E-state index contributed by atoms with van der Waals surface area (Å²) in [4.78, 5) is 25.6. The summed E-state index contributed by atoms with van der Waals surface area (Å²) in [5.41, 5.74) is 1.72. The summed E-state index contributed by atoms with van der Waals surface area (Å²) in [7, 11) is 0. The van der Waals surface area contributed by atoms with Crippen LogP contribution in [0.1, 0.15) is 45.8 Å². The maximum atomic E-state index is 12.8. The standard InChI is InChI=1S/C24H22Br2N2O3/c1-2-15-31-21-13-7-16(8-14-21)22(27-23(29)17-3-9-19(25)10-4-17)28-24(30)18-5-11-20(26)12-6-18/h3-14,22H,2,15H2,1H3,(H,27,29)(H,28,30). The summed E-state index contributed by atoms with van der Waals surface area (Å²) >= 11 is 6.73. The molecular formula is C24H22Br2N2O3. The average molecular weight is 546 g/mol. The Hall–Kier alpha value is -2.64. The minimum Gasteiger partial charge on any atom is -0.494 e. The molecule has 0 atom stereocenters. The quantitative estimate of drug-likeness (QED) is 0.348. The third-order valence-electron chi connectivity index (χ3n) is 4.45. The number of carbonyl (C=O) groups excluding carboxylic acids is 2. The Morgan fingerprint density at radius 2 is 1.23 bits per heavy atom. The van der Waals surface area contributed by atoms with Gasteiger partial charge in [0.25, 0.3) is 11.8 Å². The lowest BCUT2D eigenvalue weighted by molar-refractivity contribution is 0.0883. The van der Waals surface area contributed by atoms with Gasteiger partial charge in [-0.2, -0.15) is 0 Å². The molecule has 0 heterocycles. The maximum Gasteiger partial charge on any atom is 0.253 e. The van der Waals surface area contributed by atoms with Crippen molar-refractivity contribution in [2.75, 3.05) is 6.61 Å². The van der Waals surface area contributed by atoms with Crippen molar-refractivity contribution < 1.29 is 14.3 Å². The van der Waals surface area contributed by atoms with E-state index in [2.05, 4.69) is 42.5 Å². The van der Waals surface area contributed by atoms with E-state index >= 15 is 0 Å². The van der Waals surface area contributed by atoms with Crippen LogP contribution < -0.4 is 15.4 Å². The molecule has 0 radical (unpaired) electrons. The van der Waals surface area contributed by atoms with Crippen LogP contribution in [0.5, 0.6) is 5.75 Å². The number of amides is 2. The van der Waals surface area contributed by atoms with Crippen molar-refractivity contribution in [1.29, 1.82) is 0 Å². The molecule has 160 valence electrons. The first-order chi connectivity index (χ1) is 15.0. The summed E-state index contributed by atoms with van der Waals surface area (Å²) in [6.07, 6.45) is 0.198. The summed E-state index contributed by atoms with van der Waals surface area (Å²) in [6, 6.07) is 21.4. The average Bonchev–Trinajstić information content (AvgIpc) is 2.78. The first-order valence-corrected chi connectivity index (χ1v) is 11.4. The second kappa shape index (κ2) is 11.1. The van der Waals surface area contributed by atoms with Crippen LogP contribution in [0.15, 0.2) is 81.7 Å². The van der Waals surface area contributed by atoms with Gasteiger partial charge in [-0.3, -0.25) is 9.59 Å². The third-order valence-corrected chi connectivity index (χ3v) is 5.51. The van der Waals surface area contributed by atoms with Gasteiger partial charge >= 0.3 is 0 Å². The van der Waals surface area contributed by atoms with Crippen LogP contribution in [0.25, 0.3) is 0 Å². The van der Waals surface area contributed by atoms with Crippen molar-refractivity contribution in [3.8, 4) is 5.75 Å². The lowest BCUT2D eigenvalue weighted by Gasteiger charge is -2.21. The molecule has 3 rings (SSSR count). The lowest BCUT2D eigenvalue weighted by atomic mass is 10.1. The summed E-state index contributed by atoms with van der Waals surface area (Å²) in [6.45, 7) is 2.67. The monoisotopic (exact) mass is 544 g/mol. The fraction of sp³-hybridized carbons (Fsp3) is 0.167. The largest absolute Gasteiger partial charge is 0.494 e. The molecular weight excluding hydrogens is 524 g/mol. The molecule has 2 amide bonds. The molecule has 7 heteroatoms. The van der Waals surface area contributed by atoms with Crippen LogP contribution in [0.4, 0.5) is 0 Å². The Bertz CT molecular complexity index is 961. The van der Waals surface area contributed by atoms with E-state index < -0.39 is 6.17 Å². The van der Waals surface area contributed by atoms with Crippen LogP contribution in [-0.2, 0) is 0 Å². The molecule has 0 saturated carbocycles. The molecule has 0 unspecified atom stereocenters. The lowest BCUT2D eigenvalue weighted by Crippen LogP contribution is -2.41. The highest BCUT2D eigenvalue weighted by Crippen LogP contribution is 2.19. The van der Waals surface area contributed by atoms with E-state index in [0.717, 1.165) is 26.7 Å². The van der Waals surface area contributed by atoms with Gasteiger partial charge in [-0.25, -0.2) is 0 Å². The van der Waals surface area contributed by atoms with Gasteiger partial charge in [0.2, 0.25) is 0 Å². The maximum absolute atomic E-state index is 12.8. The van der Waals surface area contributed by atoms with Crippen molar-refractivity contribution in [2.24, 2.45) is 0 Å². The van der Waals surface area contributed by atoms with Crippen LogP contribution >= 0.6 is 31.9 Å². The Labute approximate surface area is 198 Å². The minimum absolute atomic E-state index is 0.292. The van der Waals surface area contributed by atoms with Gasteiger partial charge in [-0.05, 0) is 72.6 Å². The Morgan fingerprint density at radius 1 is 0.774 bits per heavy atom. The van der Waals surface area contributed by atoms with Crippen molar-refractivity contribution in [3.05, 3.63) is 98.4 Å². The highest BCUT2D eigenvalue weighted by molar-refractivity contribution is 9.10. The van der Waals surface area contributed by atoms with Crippen molar-refractivity contribution in [3.63, 3.8) is 0 Å². The molecule has 5 nitrogen and oxygen atoms in total. The number of nitrogens with one attached hydrogen (secondary N) is 2. The van der Waals surface area contributed by atoms with Crippen LogP contribution in [0.3, 0.4) is 0 Å². The van der Waals surface area contributed by atoms with E-state index in [1.165, 1.54) is 0 Å². The van der Waals surface area contributed by atoms with Crippen molar-refractivity contribution in [2.45, 2.75) is 19.5 Å². The van der Waals surface area contributed by atoms with Gasteiger partial charge in [-0.1, -0.05) is 50.9 Å². The van der Waals surface area contributed by atoms with Gasteiger partial charge in [0.05, 0.1) is 6.61 Å². The highest BCUT2D eigenvalue weighted by Gasteiger charge is 2.19. The Morgan fingerprint density at radius 3 is 1.65 bits per heavy atom. The SMILES string of the molecule is CCCOc1ccc(C(NC(=O)c2ccc(Br)cc2)NC(=O)c2ccc(Br)cc2)cc1. The predicted octanol–water partition coefficient (Wildman–Crippen LogP) is 5.86. The second-order valence-electron chi connectivity index (χ2n) is 6.81. The normalized spacial score (nSPS) is 10.6. The molecule has 31 heavy (non-hydrogen) atoms. The second-order valence-corrected chi connectivity index (χ2v) is 8.64. The molecule has 0 saturated heterocycles. The van der Waals surface area contributed by atoms with Crippen LogP contribution in [0.2, 0.25) is 0 Å². The zero-order chi connectivity index (χ0) is 22.2. The number of hydrogen-bond donors (Lipinski definition) is 2. The first kappa shape index (κ1) is 23.0. The molecule has 0 aromatic heterocycles. The summed E-state index contributed by atoms with van der Waals surface area (Å²) in [5, 5.41) is 5.81. The van der Waals surface area contributed by atoms with Gasteiger partial charge in [-0.15, -0.1) is 0 Å². The van der Waals surface area contributed by atoms with E-state index in [1.807, 2.05) is 31.2 Å². The van der Waals surface area contributed by atoms with Gasteiger partial charge in [0.15, 0.2) is 0 Å². The van der Waals surface area contributed by atoms with Crippen molar-refractivity contribution in [1.82, 2.24) is 10.6 Å². The zero-order valence-electron chi connectivity index (χ0n) is 16.9. The molecule has 3 aromatic rings. The Balaban J connectivity index is 1.81. The van der Waals surface area contributed by atoms with Gasteiger partial charge in [0.1, 0.15) is 11.9 Å². The van der Waals surface area contributed by atoms with E-state index in [-0.39, 0.29) is 11.8 Å². The number of rotatable bonds is 8. The molecule has 0 aliphatic carbocycles. The molecule has 3 aromatic carbocycles. The number of carbonyl (C=O) groups is 2. The fourth-order valence-electron chi connectivity index (χ4n) is 2.81. The number of hydrogen-bond acceptors (Lipinski definition) is 3. The third kappa shape index (κ3) is 6.67. The van der Waals surface area contributed by atoms with E-state index in [4.69, 9.17) is 4.74 Å².